The second-order valence-corrected chi connectivity index (χ2v) is 8.71. The number of hydrogen-bond acceptors (Lipinski definition) is 8. The number of nitrogens with one attached hydrogen (secondary N) is 2. The minimum absolute atomic E-state index is 0.0812. The molecule has 1 unspecified atom stereocenters. The number of amides is 2. The van der Waals surface area contributed by atoms with E-state index in [-0.39, 0.29) is 24.2 Å². The van der Waals surface area contributed by atoms with Gasteiger partial charge in [-0.3, -0.25) is 9.59 Å². The summed E-state index contributed by atoms with van der Waals surface area (Å²) in [6.45, 7) is 1.92. The van der Waals surface area contributed by atoms with E-state index >= 15 is 0 Å². The van der Waals surface area contributed by atoms with Crippen LogP contribution in [0.3, 0.4) is 0 Å². The van der Waals surface area contributed by atoms with Gasteiger partial charge in [0.05, 0.1) is 11.6 Å². The van der Waals surface area contributed by atoms with E-state index in [2.05, 4.69) is 35.9 Å². The number of azo groups is 1. The molecule has 1 atom stereocenters. The fourth-order valence-corrected chi connectivity index (χ4v) is 3.89. The SMILES string of the molecule is CN(C)Cc1ccc(-c2noc(CCC(=O)NCCCNC3=C4C=CC=CC4C(=O)N=N3)n2)n1C. The number of nitrogens with zero attached hydrogens (tertiary/aromatic N) is 6. The first-order valence-electron chi connectivity index (χ1n) is 11.6. The second kappa shape index (κ2) is 11.0. The van der Waals surface area contributed by atoms with Crippen LogP contribution in [0.25, 0.3) is 11.5 Å². The van der Waals surface area contributed by atoms with Gasteiger partial charge in [-0.2, -0.15) is 4.98 Å². The molecule has 3 heterocycles. The van der Waals surface area contributed by atoms with E-state index in [0.29, 0.717) is 43.5 Å². The molecule has 2 aromatic heterocycles. The summed E-state index contributed by atoms with van der Waals surface area (Å²) in [5, 5.41) is 17.8. The van der Waals surface area contributed by atoms with Crippen molar-refractivity contribution in [3.8, 4) is 11.5 Å². The van der Waals surface area contributed by atoms with Gasteiger partial charge in [0.25, 0.3) is 5.91 Å². The van der Waals surface area contributed by atoms with Crippen molar-refractivity contribution < 1.29 is 14.1 Å². The molecule has 1 aliphatic heterocycles. The number of carbonyl (C=O) groups excluding carboxylic acids is 2. The number of carbonyl (C=O) groups is 2. The standard InChI is InChI=1S/C24H30N8O3/c1-31(2)15-16-9-10-19(32(16)3)23-27-21(35-30-23)12-11-20(33)25-13-6-14-26-22-17-7-4-5-8-18(17)24(34)29-28-22/h4-5,7-10,18,26H,6,11-15H2,1-3H3,(H,25,33). The molecule has 11 nitrogen and oxygen atoms in total. The van der Waals surface area contributed by atoms with Crippen LogP contribution in [0.15, 0.2) is 62.6 Å². The fourth-order valence-electron chi connectivity index (χ4n) is 3.89. The molecule has 2 amide bonds. The summed E-state index contributed by atoms with van der Waals surface area (Å²) in [6.07, 6.45) is 8.72. The molecule has 0 fully saturated rings. The summed E-state index contributed by atoms with van der Waals surface area (Å²) in [4.78, 5) is 30.6. The van der Waals surface area contributed by atoms with Gasteiger partial charge in [-0.1, -0.05) is 29.5 Å². The highest BCUT2D eigenvalue weighted by Gasteiger charge is 2.27. The van der Waals surface area contributed by atoms with Gasteiger partial charge in [-0.15, -0.1) is 10.2 Å². The Hall–Kier alpha value is -3.86. The zero-order valence-electron chi connectivity index (χ0n) is 20.2. The average molecular weight is 479 g/mol. The molecule has 0 radical (unpaired) electrons. The Bertz CT molecular complexity index is 1200. The molecule has 4 rings (SSSR count). The summed E-state index contributed by atoms with van der Waals surface area (Å²) in [6, 6.07) is 4.02. The molecule has 0 spiro atoms. The van der Waals surface area contributed by atoms with Crippen LogP contribution in [-0.2, 0) is 29.6 Å². The van der Waals surface area contributed by atoms with Gasteiger partial charge in [0.1, 0.15) is 0 Å². The molecule has 11 heteroatoms. The van der Waals surface area contributed by atoms with Crippen molar-refractivity contribution in [2.45, 2.75) is 25.8 Å². The molecular formula is C24H30N8O3. The number of hydrogen-bond donors (Lipinski definition) is 2. The van der Waals surface area contributed by atoms with E-state index in [1.807, 2.05) is 62.1 Å². The van der Waals surface area contributed by atoms with Crippen LogP contribution in [0.1, 0.15) is 24.4 Å². The first-order valence-corrected chi connectivity index (χ1v) is 11.6. The summed E-state index contributed by atoms with van der Waals surface area (Å²) in [5.74, 6) is 0.836. The van der Waals surface area contributed by atoms with Crippen molar-refractivity contribution in [3.63, 3.8) is 0 Å². The Morgan fingerprint density at radius 3 is 2.89 bits per heavy atom. The van der Waals surface area contributed by atoms with Crippen LogP contribution in [0.2, 0.25) is 0 Å². The minimum Gasteiger partial charge on any atom is -0.368 e. The maximum atomic E-state index is 12.2. The molecular weight excluding hydrogens is 448 g/mol. The van der Waals surface area contributed by atoms with Crippen LogP contribution in [0, 0.1) is 5.92 Å². The van der Waals surface area contributed by atoms with Gasteiger partial charge in [0.15, 0.2) is 5.82 Å². The van der Waals surface area contributed by atoms with Crippen molar-refractivity contribution in [2.24, 2.45) is 23.2 Å². The zero-order chi connectivity index (χ0) is 24.8. The monoisotopic (exact) mass is 478 g/mol. The quantitative estimate of drug-likeness (QED) is 0.473. The van der Waals surface area contributed by atoms with E-state index in [4.69, 9.17) is 4.52 Å². The van der Waals surface area contributed by atoms with Crippen LogP contribution in [0.4, 0.5) is 0 Å². The third-order valence-corrected chi connectivity index (χ3v) is 5.75. The van der Waals surface area contributed by atoms with E-state index in [1.165, 1.54) is 0 Å². The predicted octanol–water partition coefficient (Wildman–Crippen LogP) is 2.11. The second-order valence-electron chi connectivity index (χ2n) is 8.71. The molecule has 2 aromatic rings. The van der Waals surface area contributed by atoms with Crippen LogP contribution in [0.5, 0.6) is 0 Å². The van der Waals surface area contributed by atoms with Crippen molar-refractivity contribution in [3.05, 3.63) is 59.4 Å². The third kappa shape index (κ3) is 5.99. The molecule has 184 valence electrons. The van der Waals surface area contributed by atoms with Gasteiger partial charge < -0.3 is 24.6 Å². The number of rotatable bonds is 11. The summed E-state index contributed by atoms with van der Waals surface area (Å²) < 4.78 is 7.38. The highest BCUT2D eigenvalue weighted by molar-refractivity contribution is 5.86. The zero-order valence-corrected chi connectivity index (χ0v) is 20.2. The Morgan fingerprint density at radius 1 is 1.20 bits per heavy atom. The first-order chi connectivity index (χ1) is 16.9. The topological polar surface area (TPSA) is 130 Å². The molecule has 35 heavy (non-hydrogen) atoms. The smallest absolute Gasteiger partial charge is 0.276 e. The van der Waals surface area contributed by atoms with Crippen molar-refractivity contribution in [1.29, 1.82) is 0 Å². The van der Waals surface area contributed by atoms with E-state index < -0.39 is 0 Å². The summed E-state index contributed by atoms with van der Waals surface area (Å²) >= 11 is 0. The van der Waals surface area contributed by atoms with Crippen molar-refractivity contribution in [2.75, 3.05) is 27.2 Å². The molecule has 2 aliphatic rings. The Kier molecular flexibility index (Phi) is 7.66. The van der Waals surface area contributed by atoms with E-state index in [0.717, 1.165) is 23.5 Å². The minimum atomic E-state index is -0.369. The van der Waals surface area contributed by atoms with Gasteiger partial charge >= 0.3 is 0 Å². The fraction of sp³-hybridized carbons (Fsp3) is 0.417. The predicted molar refractivity (Wildman–Crippen MR) is 129 cm³/mol. The van der Waals surface area contributed by atoms with Gasteiger partial charge in [0.2, 0.25) is 17.6 Å². The lowest BCUT2D eigenvalue weighted by molar-refractivity contribution is -0.121. The lowest BCUT2D eigenvalue weighted by atomic mass is 9.93. The Labute approximate surface area is 203 Å². The van der Waals surface area contributed by atoms with Crippen LogP contribution >= 0.6 is 0 Å². The van der Waals surface area contributed by atoms with Crippen LogP contribution in [-0.4, -0.2) is 58.6 Å². The van der Waals surface area contributed by atoms with E-state index in [9.17, 15) is 9.59 Å². The first kappa shape index (κ1) is 24.3. The highest BCUT2D eigenvalue weighted by atomic mass is 16.5. The van der Waals surface area contributed by atoms with Gasteiger partial charge in [-0.25, -0.2) is 0 Å². The van der Waals surface area contributed by atoms with E-state index in [1.54, 1.807) is 0 Å². The average Bonchev–Trinajstić information content (AvgIpc) is 3.45. The number of aromatic nitrogens is 3. The summed E-state index contributed by atoms with van der Waals surface area (Å²) in [7, 11) is 6.01. The lowest BCUT2D eigenvalue weighted by Gasteiger charge is -2.20. The Balaban J connectivity index is 1.18. The third-order valence-electron chi connectivity index (χ3n) is 5.75. The summed E-state index contributed by atoms with van der Waals surface area (Å²) in [5.41, 5.74) is 2.84. The number of allylic oxidation sites excluding steroid dienone is 3. The Morgan fingerprint density at radius 2 is 2.06 bits per heavy atom. The normalized spacial score (nSPS) is 16.8. The van der Waals surface area contributed by atoms with Crippen LogP contribution < -0.4 is 10.6 Å². The maximum absolute atomic E-state index is 12.2. The molecule has 0 saturated carbocycles. The molecule has 1 aliphatic carbocycles. The maximum Gasteiger partial charge on any atom is 0.276 e. The molecule has 2 N–H and O–H groups in total. The van der Waals surface area contributed by atoms with Gasteiger partial charge in [-0.05, 0) is 32.6 Å². The van der Waals surface area contributed by atoms with Crippen molar-refractivity contribution >= 4 is 11.8 Å². The largest absolute Gasteiger partial charge is 0.368 e. The number of aryl methyl sites for hydroxylation is 1. The lowest BCUT2D eigenvalue weighted by Crippen LogP contribution is -2.28. The van der Waals surface area contributed by atoms with Gasteiger partial charge in [0, 0.05) is 50.8 Å². The van der Waals surface area contributed by atoms with Crippen molar-refractivity contribution in [1.82, 2.24) is 30.2 Å². The highest BCUT2D eigenvalue weighted by Crippen LogP contribution is 2.27. The number of fused-ring (bicyclic) bond motifs is 1. The molecule has 0 bridgehead atoms. The molecule has 0 saturated heterocycles. The molecule has 0 aromatic carbocycles.